The van der Waals surface area contributed by atoms with Crippen molar-refractivity contribution >= 4 is 40.5 Å². The Labute approximate surface area is 204 Å². The molecule has 0 heterocycles. The standard InChI is InChI=1S/C24H27F2IO6/c1-13(2)18(24(25,26)20(29)30)32-21(31)22-8-14-7-15(9-22)11-23(10-14,12-22)33-19(28)16-3-5-17(27)6-4-16/h3-6,13-15,18H,7-12H2,1-2H3,(H,29,30). The quantitative estimate of drug-likeness (QED) is 0.360. The van der Waals surface area contributed by atoms with Crippen LogP contribution in [0.15, 0.2) is 24.3 Å². The number of hydrogen-bond acceptors (Lipinski definition) is 5. The Morgan fingerprint density at radius 2 is 1.67 bits per heavy atom. The van der Waals surface area contributed by atoms with E-state index in [4.69, 9.17) is 14.6 Å². The molecule has 3 unspecified atom stereocenters. The molecule has 1 aromatic carbocycles. The van der Waals surface area contributed by atoms with Crippen molar-refractivity contribution in [1.82, 2.24) is 0 Å². The summed E-state index contributed by atoms with van der Waals surface area (Å²) in [5.74, 6) is -8.41. The van der Waals surface area contributed by atoms with Gasteiger partial charge in [-0.15, -0.1) is 0 Å². The molecule has 4 bridgehead atoms. The number of carboxylic acid groups (broad SMARTS) is 1. The minimum atomic E-state index is -4.19. The second-order valence-corrected chi connectivity index (χ2v) is 11.6. The van der Waals surface area contributed by atoms with Gasteiger partial charge in [0.1, 0.15) is 5.60 Å². The molecular weight excluding hydrogens is 549 g/mol. The van der Waals surface area contributed by atoms with Gasteiger partial charge in [-0.1, -0.05) is 13.8 Å². The highest BCUT2D eigenvalue weighted by Gasteiger charge is 2.64. The first-order valence-corrected chi connectivity index (χ1v) is 12.2. The van der Waals surface area contributed by atoms with E-state index in [0.717, 1.165) is 9.99 Å². The van der Waals surface area contributed by atoms with Gasteiger partial charge in [-0.3, -0.25) is 4.79 Å². The Bertz CT molecular complexity index is 946. The third-order valence-corrected chi connectivity index (χ3v) is 8.03. The van der Waals surface area contributed by atoms with Crippen LogP contribution in [0.3, 0.4) is 0 Å². The third kappa shape index (κ3) is 4.49. The van der Waals surface area contributed by atoms with Crippen LogP contribution in [0.25, 0.3) is 0 Å². The average Bonchev–Trinajstić information content (AvgIpc) is 2.70. The van der Waals surface area contributed by atoms with Gasteiger partial charge in [-0.2, -0.15) is 8.78 Å². The van der Waals surface area contributed by atoms with Gasteiger partial charge in [0.05, 0.1) is 11.0 Å². The maximum absolute atomic E-state index is 14.3. The second kappa shape index (κ2) is 8.46. The summed E-state index contributed by atoms with van der Waals surface area (Å²) in [4.78, 5) is 37.3. The number of hydrogen-bond donors (Lipinski definition) is 1. The zero-order chi connectivity index (χ0) is 24.2. The van der Waals surface area contributed by atoms with Crippen molar-refractivity contribution in [3.05, 3.63) is 33.4 Å². The Balaban J connectivity index is 1.57. The fraction of sp³-hybridized carbons (Fsp3) is 0.625. The Morgan fingerprint density at radius 1 is 1.09 bits per heavy atom. The molecule has 4 aliphatic carbocycles. The van der Waals surface area contributed by atoms with Crippen LogP contribution in [-0.2, 0) is 19.1 Å². The fourth-order valence-corrected chi connectivity index (χ4v) is 6.73. The number of halogens is 3. The van der Waals surface area contributed by atoms with E-state index in [2.05, 4.69) is 22.6 Å². The number of carbonyl (C=O) groups excluding carboxylic acids is 2. The topological polar surface area (TPSA) is 89.9 Å². The van der Waals surface area contributed by atoms with Crippen LogP contribution in [0.5, 0.6) is 0 Å². The van der Waals surface area contributed by atoms with Crippen LogP contribution in [0, 0.1) is 26.7 Å². The largest absolute Gasteiger partial charge is 0.477 e. The van der Waals surface area contributed by atoms with Crippen LogP contribution in [0.2, 0.25) is 0 Å². The summed E-state index contributed by atoms with van der Waals surface area (Å²) in [5.41, 5.74) is -1.46. The molecule has 6 nitrogen and oxygen atoms in total. The van der Waals surface area contributed by atoms with Crippen LogP contribution in [-0.4, -0.2) is 40.6 Å². The van der Waals surface area contributed by atoms with Gasteiger partial charge in [0.25, 0.3) is 0 Å². The summed E-state index contributed by atoms with van der Waals surface area (Å²) in [6.45, 7) is 2.80. The summed E-state index contributed by atoms with van der Waals surface area (Å²) < 4.78 is 40.9. The van der Waals surface area contributed by atoms with Gasteiger partial charge in [-0.25, -0.2) is 9.59 Å². The van der Waals surface area contributed by atoms with E-state index in [0.29, 0.717) is 31.2 Å². The van der Waals surface area contributed by atoms with Gasteiger partial charge in [0.2, 0.25) is 0 Å². The Hall–Kier alpha value is -1.78. The van der Waals surface area contributed by atoms with Crippen molar-refractivity contribution in [3.63, 3.8) is 0 Å². The molecule has 0 amide bonds. The molecule has 3 atom stereocenters. The lowest BCUT2D eigenvalue weighted by atomic mass is 9.48. The zero-order valence-electron chi connectivity index (χ0n) is 18.5. The molecule has 4 fully saturated rings. The summed E-state index contributed by atoms with van der Waals surface area (Å²) in [7, 11) is 0. The van der Waals surface area contributed by atoms with Gasteiger partial charge in [0.15, 0.2) is 6.10 Å². The summed E-state index contributed by atoms with van der Waals surface area (Å²) >= 11 is 2.14. The molecule has 0 aliphatic heterocycles. The highest BCUT2D eigenvalue weighted by molar-refractivity contribution is 14.1. The van der Waals surface area contributed by atoms with Gasteiger partial charge < -0.3 is 14.6 Å². The first kappa shape index (κ1) is 24.3. The van der Waals surface area contributed by atoms with Gasteiger partial charge >= 0.3 is 23.8 Å². The molecule has 33 heavy (non-hydrogen) atoms. The molecule has 5 rings (SSSR count). The molecule has 0 spiro atoms. The number of ether oxygens (including phenoxy) is 2. The molecule has 180 valence electrons. The Morgan fingerprint density at radius 3 is 2.18 bits per heavy atom. The first-order valence-electron chi connectivity index (χ1n) is 11.2. The lowest BCUT2D eigenvalue weighted by Gasteiger charge is -2.59. The SMILES string of the molecule is CC(C)C(OC(=O)C12CC3CC(CC(OC(=O)c4ccc(I)cc4)(C3)C1)C2)C(F)(F)C(=O)O. The molecule has 1 aromatic rings. The number of carboxylic acids is 1. The van der Waals surface area contributed by atoms with Crippen LogP contribution < -0.4 is 0 Å². The van der Waals surface area contributed by atoms with Crippen LogP contribution in [0.4, 0.5) is 8.78 Å². The summed E-state index contributed by atoms with van der Waals surface area (Å²) in [6, 6.07) is 7.00. The maximum Gasteiger partial charge on any atom is 0.378 e. The normalized spacial score (nSPS) is 31.3. The lowest BCUT2D eigenvalue weighted by molar-refractivity contribution is -0.221. The predicted molar refractivity (Wildman–Crippen MR) is 122 cm³/mol. The number of aliphatic carboxylic acids is 1. The first-order chi connectivity index (χ1) is 15.4. The average molecular weight is 576 g/mol. The van der Waals surface area contributed by atoms with Crippen molar-refractivity contribution in [2.24, 2.45) is 23.2 Å². The third-order valence-electron chi connectivity index (χ3n) is 7.31. The van der Waals surface area contributed by atoms with Crippen molar-refractivity contribution in [1.29, 1.82) is 0 Å². The smallest absolute Gasteiger partial charge is 0.378 e. The molecule has 9 heteroatoms. The molecule has 4 saturated carbocycles. The number of benzene rings is 1. The minimum Gasteiger partial charge on any atom is -0.477 e. The molecule has 4 aliphatic rings. The maximum atomic E-state index is 14.3. The monoisotopic (exact) mass is 576 g/mol. The summed E-state index contributed by atoms with van der Waals surface area (Å²) in [6.07, 6.45) is 1.27. The van der Waals surface area contributed by atoms with E-state index >= 15 is 0 Å². The number of rotatable bonds is 7. The second-order valence-electron chi connectivity index (χ2n) is 10.3. The molecule has 1 N–H and O–H groups in total. The predicted octanol–water partition coefficient (Wildman–Crippen LogP) is 5.07. The van der Waals surface area contributed by atoms with E-state index in [1.807, 2.05) is 12.1 Å². The van der Waals surface area contributed by atoms with E-state index < -0.39 is 46.9 Å². The van der Waals surface area contributed by atoms with Crippen LogP contribution >= 0.6 is 22.6 Å². The van der Waals surface area contributed by atoms with Crippen molar-refractivity contribution in [2.45, 2.75) is 70.0 Å². The molecular formula is C24H27F2IO6. The van der Waals surface area contributed by atoms with E-state index in [-0.39, 0.29) is 18.3 Å². The molecule has 0 saturated heterocycles. The zero-order valence-corrected chi connectivity index (χ0v) is 20.6. The molecule has 0 aromatic heterocycles. The van der Waals surface area contributed by atoms with Crippen molar-refractivity contribution in [3.8, 4) is 0 Å². The van der Waals surface area contributed by atoms with E-state index in [9.17, 15) is 23.2 Å². The fourth-order valence-electron chi connectivity index (χ4n) is 6.37. The highest BCUT2D eigenvalue weighted by Crippen LogP contribution is 2.63. The van der Waals surface area contributed by atoms with Gasteiger partial charge in [0, 0.05) is 9.99 Å². The highest BCUT2D eigenvalue weighted by atomic mass is 127. The van der Waals surface area contributed by atoms with Crippen molar-refractivity contribution in [2.75, 3.05) is 0 Å². The van der Waals surface area contributed by atoms with Crippen molar-refractivity contribution < 1.29 is 37.7 Å². The number of alkyl halides is 2. The van der Waals surface area contributed by atoms with E-state index in [1.165, 1.54) is 13.8 Å². The lowest BCUT2D eigenvalue weighted by Crippen LogP contribution is -2.61. The summed E-state index contributed by atoms with van der Waals surface area (Å²) in [5, 5.41) is 8.97. The Kier molecular flexibility index (Phi) is 6.24. The minimum absolute atomic E-state index is 0.126. The number of esters is 2. The number of carbonyl (C=O) groups is 3. The van der Waals surface area contributed by atoms with Gasteiger partial charge in [-0.05, 0) is 96.7 Å². The van der Waals surface area contributed by atoms with Crippen LogP contribution in [0.1, 0.15) is 62.7 Å². The van der Waals surface area contributed by atoms with E-state index in [1.54, 1.807) is 12.1 Å². The molecule has 0 radical (unpaired) electrons.